The van der Waals surface area contributed by atoms with E-state index < -0.39 is 0 Å². The van der Waals surface area contributed by atoms with Gasteiger partial charge in [0.1, 0.15) is 11.3 Å². The smallest absolute Gasteiger partial charge is 0.134 e. The third-order valence-corrected chi connectivity index (χ3v) is 4.21. The van der Waals surface area contributed by atoms with E-state index in [-0.39, 0.29) is 0 Å². The molecule has 1 fully saturated rings. The molecule has 1 saturated heterocycles. The van der Waals surface area contributed by atoms with Gasteiger partial charge >= 0.3 is 0 Å². The number of rotatable bonds is 5. The highest BCUT2D eigenvalue weighted by atomic mass is 16.3. The Morgan fingerprint density at radius 2 is 2.20 bits per heavy atom. The summed E-state index contributed by atoms with van der Waals surface area (Å²) in [5.74, 6) is 1.96. The second kappa shape index (κ2) is 5.98. The van der Waals surface area contributed by atoms with Crippen molar-refractivity contribution in [1.82, 2.24) is 10.2 Å². The first-order valence-electron chi connectivity index (χ1n) is 7.70. The number of benzene rings is 1. The molecule has 3 heteroatoms. The van der Waals surface area contributed by atoms with Crippen molar-refractivity contribution in [2.75, 3.05) is 19.6 Å². The van der Waals surface area contributed by atoms with Gasteiger partial charge in [-0.05, 0) is 31.5 Å². The summed E-state index contributed by atoms with van der Waals surface area (Å²) in [5, 5.41) is 4.70. The Kier molecular flexibility index (Phi) is 4.08. The largest absolute Gasteiger partial charge is 0.459 e. The number of fused-ring (bicyclic) bond motifs is 1. The van der Waals surface area contributed by atoms with Crippen LogP contribution in [0, 0.1) is 5.92 Å². The lowest BCUT2D eigenvalue weighted by Crippen LogP contribution is -2.21. The van der Waals surface area contributed by atoms with Crippen LogP contribution >= 0.6 is 0 Å². The van der Waals surface area contributed by atoms with E-state index in [1.165, 1.54) is 30.5 Å². The zero-order valence-corrected chi connectivity index (χ0v) is 12.5. The lowest BCUT2D eigenvalue weighted by molar-refractivity contribution is 0.291. The Morgan fingerprint density at radius 1 is 1.35 bits per heavy atom. The molecule has 0 aliphatic carbocycles. The molecular formula is C17H24N2O. The Labute approximate surface area is 120 Å². The van der Waals surface area contributed by atoms with Crippen LogP contribution in [0.5, 0.6) is 0 Å². The van der Waals surface area contributed by atoms with E-state index in [1.807, 2.05) is 6.07 Å². The SMILES string of the molecule is CCNCc1c(CN2CCC(C)C2)oc2ccccc12. The number of nitrogens with zero attached hydrogens (tertiary/aromatic N) is 1. The van der Waals surface area contributed by atoms with Gasteiger partial charge in [0.2, 0.25) is 0 Å². The number of nitrogens with one attached hydrogen (secondary N) is 1. The van der Waals surface area contributed by atoms with Crippen LogP contribution in [0.2, 0.25) is 0 Å². The molecule has 0 bridgehead atoms. The highest BCUT2D eigenvalue weighted by Crippen LogP contribution is 2.28. The van der Waals surface area contributed by atoms with Crippen molar-refractivity contribution in [1.29, 1.82) is 0 Å². The molecule has 2 heterocycles. The van der Waals surface area contributed by atoms with Gasteiger partial charge in [-0.25, -0.2) is 0 Å². The predicted octanol–water partition coefficient (Wildman–Crippen LogP) is 3.38. The summed E-state index contributed by atoms with van der Waals surface area (Å²) < 4.78 is 6.11. The molecule has 1 N–H and O–H groups in total. The standard InChI is InChI=1S/C17H24N2O/c1-3-18-10-15-14-6-4-5-7-16(14)20-17(15)12-19-9-8-13(2)11-19/h4-7,13,18H,3,8-12H2,1-2H3. The molecule has 1 atom stereocenters. The molecular weight excluding hydrogens is 248 g/mol. The van der Waals surface area contributed by atoms with Crippen LogP contribution in [0.15, 0.2) is 28.7 Å². The van der Waals surface area contributed by atoms with E-state index >= 15 is 0 Å². The maximum Gasteiger partial charge on any atom is 0.134 e. The van der Waals surface area contributed by atoms with Crippen LogP contribution in [0.3, 0.4) is 0 Å². The third kappa shape index (κ3) is 2.74. The molecule has 108 valence electrons. The van der Waals surface area contributed by atoms with Crippen molar-refractivity contribution in [2.24, 2.45) is 5.92 Å². The molecule has 2 aromatic rings. The maximum atomic E-state index is 6.11. The van der Waals surface area contributed by atoms with Crippen molar-refractivity contribution >= 4 is 11.0 Å². The lowest BCUT2D eigenvalue weighted by atomic mass is 10.1. The average Bonchev–Trinajstić information content (AvgIpc) is 3.00. The molecule has 3 rings (SSSR count). The van der Waals surface area contributed by atoms with Crippen molar-refractivity contribution in [2.45, 2.75) is 33.4 Å². The lowest BCUT2D eigenvalue weighted by Gasteiger charge is -2.14. The van der Waals surface area contributed by atoms with Crippen molar-refractivity contribution in [3.8, 4) is 0 Å². The van der Waals surface area contributed by atoms with E-state index in [4.69, 9.17) is 4.42 Å². The monoisotopic (exact) mass is 272 g/mol. The fourth-order valence-corrected chi connectivity index (χ4v) is 3.09. The van der Waals surface area contributed by atoms with E-state index in [0.29, 0.717) is 0 Å². The summed E-state index contributed by atoms with van der Waals surface area (Å²) in [5.41, 5.74) is 2.35. The molecule has 1 aliphatic heterocycles. The Morgan fingerprint density at radius 3 is 2.95 bits per heavy atom. The van der Waals surface area contributed by atoms with Gasteiger partial charge in [-0.15, -0.1) is 0 Å². The first-order valence-corrected chi connectivity index (χ1v) is 7.70. The quantitative estimate of drug-likeness (QED) is 0.904. The van der Waals surface area contributed by atoms with E-state index in [2.05, 4.69) is 42.3 Å². The Balaban J connectivity index is 1.87. The minimum absolute atomic E-state index is 0.816. The zero-order valence-electron chi connectivity index (χ0n) is 12.5. The normalized spacial score (nSPS) is 20.0. The van der Waals surface area contributed by atoms with Gasteiger partial charge < -0.3 is 9.73 Å². The van der Waals surface area contributed by atoms with Crippen LogP contribution in [0.1, 0.15) is 31.6 Å². The average molecular weight is 272 g/mol. The fourth-order valence-electron chi connectivity index (χ4n) is 3.09. The summed E-state index contributed by atoms with van der Waals surface area (Å²) in [4.78, 5) is 2.51. The minimum atomic E-state index is 0.816. The molecule has 1 aromatic heterocycles. The number of hydrogen-bond acceptors (Lipinski definition) is 3. The zero-order chi connectivity index (χ0) is 13.9. The van der Waals surface area contributed by atoms with Crippen molar-refractivity contribution in [3.05, 3.63) is 35.6 Å². The van der Waals surface area contributed by atoms with Crippen LogP contribution < -0.4 is 5.32 Å². The van der Waals surface area contributed by atoms with Crippen LogP contribution in [-0.4, -0.2) is 24.5 Å². The van der Waals surface area contributed by atoms with Gasteiger partial charge in [0.15, 0.2) is 0 Å². The molecule has 0 spiro atoms. The number of para-hydroxylation sites is 1. The predicted molar refractivity (Wildman–Crippen MR) is 82.7 cm³/mol. The Hall–Kier alpha value is -1.32. The minimum Gasteiger partial charge on any atom is -0.459 e. The number of hydrogen-bond donors (Lipinski definition) is 1. The highest BCUT2D eigenvalue weighted by Gasteiger charge is 2.22. The first-order chi connectivity index (χ1) is 9.78. The summed E-state index contributed by atoms with van der Waals surface area (Å²) in [6.45, 7) is 9.69. The maximum absolute atomic E-state index is 6.11. The first kappa shape index (κ1) is 13.7. The Bertz CT molecular complexity index is 575. The van der Waals surface area contributed by atoms with Crippen LogP contribution in [0.4, 0.5) is 0 Å². The molecule has 1 unspecified atom stereocenters. The second-order valence-electron chi connectivity index (χ2n) is 5.91. The van der Waals surface area contributed by atoms with E-state index in [1.54, 1.807) is 0 Å². The molecule has 1 aliphatic rings. The fraction of sp³-hybridized carbons (Fsp3) is 0.529. The molecule has 1 aromatic carbocycles. The third-order valence-electron chi connectivity index (χ3n) is 4.21. The van der Waals surface area contributed by atoms with Gasteiger partial charge in [0, 0.05) is 24.0 Å². The van der Waals surface area contributed by atoms with Crippen LogP contribution in [0.25, 0.3) is 11.0 Å². The van der Waals surface area contributed by atoms with E-state index in [9.17, 15) is 0 Å². The molecule has 0 radical (unpaired) electrons. The number of likely N-dealkylation sites (tertiary alicyclic amines) is 1. The summed E-state index contributed by atoms with van der Waals surface area (Å²) in [6.07, 6.45) is 1.31. The molecule has 20 heavy (non-hydrogen) atoms. The summed E-state index contributed by atoms with van der Waals surface area (Å²) >= 11 is 0. The topological polar surface area (TPSA) is 28.4 Å². The highest BCUT2D eigenvalue weighted by molar-refractivity contribution is 5.82. The summed E-state index contributed by atoms with van der Waals surface area (Å²) in [6, 6.07) is 8.38. The molecule has 0 saturated carbocycles. The van der Waals surface area contributed by atoms with Gasteiger partial charge in [-0.2, -0.15) is 0 Å². The van der Waals surface area contributed by atoms with Crippen LogP contribution in [-0.2, 0) is 13.1 Å². The second-order valence-corrected chi connectivity index (χ2v) is 5.91. The van der Waals surface area contributed by atoms with E-state index in [0.717, 1.165) is 36.9 Å². The van der Waals surface area contributed by atoms with Gasteiger partial charge in [0.05, 0.1) is 6.54 Å². The van der Waals surface area contributed by atoms with Crippen molar-refractivity contribution in [3.63, 3.8) is 0 Å². The molecule has 3 nitrogen and oxygen atoms in total. The summed E-state index contributed by atoms with van der Waals surface area (Å²) in [7, 11) is 0. The van der Waals surface area contributed by atoms with Gasteiger partial charge in [0.25, 0.3) is 0 Å². The van der Waals surface area contributed by atoms with Gasteiger partial charge in [-0.3, -0.25) is 4.90 Å². The molecule has 0 amide bonds. The number of furan rings is 1. The van der Waals surface area contributed by atoms with Crippen molar-refractivity contribution < 1.29 is 4.42 Å². The van der Waals surface area contributed by atoms with Gasteiger partial charge in [-0.1, -0.05) is 32.0 Å².